The fourth-order valence-electron chi connectivity index (χ4n) is 15.2. The number of hydrogen-bond donors (Lipinski definition) is 10. The van der Waals surface area contributed by atoms with Gasteiger partial charge in [-0.05, 0) is 161 Å². The standard InChI is InChI=1S/3C25H28F2N7O6PS.C8H19NO4.Ca.Mg/c3*1-3-39-17-6-4-16(5-7-17)34-12-19(23(32-34)22-18(26)8-9-21(27)31-22)29-24(35)20-13-42-25(30-20)15-10-28-33(11-15)14(2)40-41(36,37)38;1-2-3-6(11)8(13)7(12)5(9)4-10;;/h3*8-14,16-17H,3-7H2,1-2H3,(H,29,35)(H2,36,37,38);5-8,10-13H,2-4,9H2,1H3;;/q;;;;2*+2/p-4/t;;;5-,6+,7-,8-;;/m...1../s1. The first-order valence-electron chi connectivity index (χ1n) is 43.6. The summed E-state index contributed by atoms with van der Waals surface area (Å²) >= 11 is 3.38. The van der Waals surface area contributed by atoms with Crippen LogP contribution < -0.4 is 41.3 Å². The first-order chi connectivity index (χ1) is 66.0. The molecular formula is C83H99CaF6MgN22O22P3S3. The predicted molar refractivity (Wildman–Crippen MR) is 493 cm³/mol. The summed E-state index contributed by atoms with van der Waals surface area (Å²) in [4.78, 5) is 125. The zero-order valence-electron chi connectivity index (χ0n) is 76.7. The number of thiazole rings is 3. The number of nitrogens with zero attached hydrogens (tertiary/aromatic N) is 18. The number of aromatic nitrogens is 18. The van der Waals surface area contributed by atoms with Gasteiger partial charge >= 0.3 is 68.6 Å². The molecular weight excluding hydrogens is 2020 g/mol. The number of rotatable bonds is 36. The third-order valence-corrected chi connectivity index (χ3v) is 26.4. The molecule has 0 spiro atoms. The number of nitrogens with one attached hydrogen (secondary N) is 3. The van der Waals surface area contributed by atoms with Gasteiger partial charge in [-0.1, -0.05) is 13.3 Å². The molecule has 3 aliphatic rings. The molecule has 3 unspecified atom stereocenters. The summed E-state index contributed by atoms with van der Waals surface area (Å²) in [7, 11) is -15.2. The second-order valence-electron chi connectivity index (χ2n) is 32.0. The molecule has 12 heterocycles. The van der Waals surface area contributed by atoms with Gasteiger partial charge in [-0.25, -0.2) is 61.7 Å². The van der Waals surface area contributed by atoms with Gasteiger partial charge < -0.3 is 104 Å². The van der Waals surface area contributed by atoms with Gasteiger partial charge in [-0.15, -0.1) is 34.0 Å². The maximum atomic E-state index is 14.7. The fraction of sp³-hybridized carbons (Fsp3) is 0.458. The Labute approximate surface area is 859 Å². The average molecular weight is 2120 g/mol. The molecule has 3 saturated carbocycles. The van der Waals surface area contributed by atoms with Crippen molar-refractivity contribution in [1.82, 2.24) is 88.6 Å². The minimum Gasteiger partial charge on any atom is -0.790 e. The van der Waals surface area contributed by atoms with Crippen LogP contribution in [0.25, 0.3) is 65.9 Å². The third-order valence-electron chi connectivity index (χ3n) is 22.0. The first kappa shape index (κ1) is 115. The van der Waals surface area contributed by atoms with Crippen LogP contribution in [0.15, 0.2) is 108 Å². The maximum Gasteiger partial charge on any atom is 2.00 e. The zero-order chi connectivity index (χ0) is 100. The van der Waals surface area contributed by atoms with Crippen molar-refractivity contribution >= 4 is 153 Å². The van der Waals surface area contributed by atoms with E-state index in [1.165, 1.54) is 78.8 Å². The Morgan fingerprint density at radius 1 is 0.461 bits per heavy atom. The summed E-state index contributed by atoms with van der Waals surface area (Å²) in [6, 6.07) is 4.53. The number of amides is 3. The SMILES string of the molecule is CCC[C@H](O)[C@@H](O)[C@H](O)[C@H](N)CO.CCOC1CCC(n2cc(NC(=O)c3csc(-c4cnn(C(C)OP(=O)(O)O)c4)n3)c(-c3nc(F)ccc3F)n2)CC1.CCOC1CCC(n2cc(NC(=O)c3csc(-c4cnn(C(C)OP(=O)([O-])[O-])c4)n3)c(-c3nc(F)ccc3F)n2)CC1.CCOC1CCC(n2cc(NC(=O)c3csc(-c4cnn(C(C)OP(=O)([O-])[O-])c4)n3)c(-c3nc(F)ccc3F)n2)CC1.[Ca+2].[Mg+2]. The van der Waals surface area contributed by atoms with Crippen molar-refractivity contribution in [1.29, 1.82) is 0 Å². The Morgan fingerprint density at radius 3 is 1.01 bits per heavy atom. The number of aliphatic hydroxyl groups excluding tert-OH is 4. The van der Waals surface area contributed by atoms with Crippen molar-refractivity contribution in [3.8, 4) is 65.9 Å². The van der Waals surface area contributed by atoms with Crippen molar-refractivity contribution in [2.75, 3.05) is 42.4 Å². The van der Waals surface area contributed by atoms with E-state index in [0.717, 1.165) is 157 Å². The van der Waals surface area contributed by atoms with Crippen molar-refractivity contribution in [2.45, 2.75) is 218 Å². The van der Waals surface area contributed by atoms with Crippen molar-refractivity contribution in [2.24, 2.45) is 5.73 Å². The van der Waals surface area contributed by atoms with E-state index in [0.29, 0.717) is 64.4 Å². The minimum atomic E-state index is -5.23. The number of phosphoric ester groups is 3. The van der Waals surface area contributed by atoms with Gasteiger partial charge in [0.15, 0.2) is 36.1 Å². The Morgan fingerprint density at radius 2 is 0.752 bits per heavy atom. The number of anilines is 3. The van der Waals surface area contributed by atoms with Gasteiger partial charge in [-0.3, -0.25) is 33.0 Å². The van der Waals surface area contributed by atoms with Gasteiger partial charge in [0.25, 0.3) is 17.7 Å². The topological polar surface area (TPSA) is 618 Å². The quantitative estimate of drug-likeness (QED) is 0.00755. The number of nitrogens with two attached hydrogens (primary N) is 1. The number of ether oxygens (including phenoxy) is 3. The van der Waals surface area contributed by atoms with Crippen LogP contribution in [-0.4, -0.2) is 266 Å². The second-order valence-corrected chi connectivity index (χ2v) is 37.9. The molecule has 0 bridgehead atoms. The van der Waals surface area contributed by atoms with Crippen LogP contribution >= 0.6 is 57.5 Å². The maximum absolute atomic E-state index is 14.7. The molecule has 0 saturated heterocycles. The fourth-order valence-corrected chi connectivity index (χ4v) is 19.0. The van der Waals surface area contributed by atoms with E-state index in [4.69, 9.17) is 34.8 Å². The molecule has 7 atom stereocenters. The molecule has 0 radical (unpaired) electrons. The summed E-state index contributed by atoms with van der Waals surface area (Å²) in [6.07, 6.45) is 17.3. The minimum absolute atomic E-state index is 0. The van der Waals surface area contributed by atoms with Gasteiger partial charge in [0.2, 0.25) is 17.8 Å². The van der Waals surface area contributed by atoms with Crippen LogP contribution in [0.5, 0.6) is 0 Å². The number of pyridine rings is 3. The van der Waals surface area contributed by atoms with E-state index in [9.17, 15) is 89.3 Å². The number of carbonyl (C=O) groups is 3. The van der Waals surface area contributed by atoms with Gasteiger partial charge in [0, 0.05) is 89.8 Å². The van der Waals surface area contributed by atoms with Gasteiger partial charge in [0.1, 0.15) is 72.4 Å². The summed E-state index contributed by atoms with van der Waals surface area (Å²) in [6.45, 7) is 13.2. The van der Waals surface area contributed by atoms with Crippen molar-refractivity contribution in [3.63, 3.8) is 0 Å². The monoisotopic (exact) mass is 2120 g/mol. The first-order valence-corrected chi connectivity index (χ1v) is 50.7. The van der Waals surface area contributed by atoms with Crippen molar-refractivity contribution in [3.05, 3.63) is 161 Å². The molecule has 0 aliphatic heterocycles. The molecule has 12 aromatic heterocycles. The second kappa shape index (κ2) is 52.1. The van der Waals surface area contributed by atoms with Crippen LogP contribution in [0, 0.1) is 35.3 Å². The summed E-state index contributed by atoms with van der Waals surface area (Å²) in [5.41, 5.74) is 6.13. The Hall–Kier alpha value is -8.37. The predicted octanol–water partition coefficient (Wildman–Crippen LogP) is 9.73. The van der Waals surface area contributed by atoms with E-state index < -0.39 is 126 Å². The Balaban J connectivity index is 0.000000203. The molecule has 3 fully saturated rings. The number of phosphoric acid groups is 3. The molecule has 752 valence electrons. The smallest absolute Gasteiger partial charge is 0.790 e. The van der Waals surface area contributed by atoms with E-state index in [1.54, 1.807) is 32.6 Å². The van der Waals surface area contributed by atoms with E-state index in [1.807, 2.05) is 27.7 Å². The van der Waals surface area contributed by atoms with Gasteiger partial charge in [-0.2, -0.15) is 43.8 Å². The van der Waals surface area contributed by atoms with Crippen LogP contribution in [0.2, 0.25) is 0 Å². The van der Waals surface area contributed by atoms with Crippen LogP contribution in [0.4, 0.5) is 43.4 Å². The number of aliphatic hydroxyl groups is 4. The third kappa shape index (κ3) is 31.8. The van der Waals surface area contributed by atoms with Crippen LogP contribution in [-0.2, 0) is 41.5 Å². The van der Waals surface area contributed by atoms with Crippen LogP contribution in [0.3, 0.4) is 0 Å². The number of hydrogen-bond acceptors (Lipinski definition) is 36. The molecule has 141 heavy (non-hydrogen) atoms. The molecule has 3 amide bonds. The molecule has 3 aliphatic carbocycles. The van der Waals surface area contributed by atoms with E-state index >= 15 is 0 Å². The largest absolute Gasteiger partial charge is 2.00 e. The van der Waals surface area contributed by atoms with Gasteiger partial charge in [0.05, 0.1) is 113 Å². The molecule has 11 N–H and O–H groups in total. The summed E-state index contributed by atoms with van der Waals surface area (Å²) in [5.74, 6) is -6.93. The zero-order valence-corrected chi connectivity index (χ0v) is 85.5. The Kier molecular flexibility index (Phi) is 42.3. The molecule has 58 heteroatoms. The van der Waals surface area contributed by atoms with Crippen LogP contribution in [0.1, 0.15) is 207 Å². The number of halogens is 6. The molecule has 0 aromatic carbocycles. The summed E-state index contributed by atoms with van der Waals surface area (Å²) < 4.78 is 158. The molecule has 44 nitrogen and oxygen atoms in total. The molecule has 12 aromatic rings. The van der Waals surface area contributed by atoms with E-state index in [-0.39, 0.29) is 166 Å². The number of carbonyl (C=O) groups excluding carboxylic acids is 3. The average Bonchev–Trinajstić information content (AvgIpc) is 1.65. The Bertz CT molecular complexity index is 5740. The normalized spacial score (nSPS) is 18.2. The summed E-state index contributed by atoms with van der Waals surface area (Å²) in [5, 5.41) is 75.8. The van der Waals surface area contributed by atoms with Crippen molar-refractivity contribution < 1.29 is 132 Å². The molecule has 15 rings (SSSR count). The van der Waals surface area contributed by atoms with E-state index in [2.05, 4.69) is 90.0 Å².